The Morgan fingerprint density at radius 1 is 1.44 bits per heavy atom. The number of benzene rings is 1. The van der Waals surface area contributed by atoms with E-state index in [1.54, 1.807) is 0 Å². The van der Waals surface area contributed by atoms with Crippen LogP contribution in [0.4, 0.5) is 5.95 Å². The molecule has 2 rings (SSSR count). The predicted molar refractivity (Wildman–Crippen MR) is 70.9 cm³/mol. The van der Waals surface area contributed by atoms with Crippen LogP contribution in [0.25, 0.3) is 0 Å². The van der Waals surface area contributed by atoms with Crippen molar-refractivity contribution in [2.45, 2.75) is 26.5 Å². The first kappa shape index (κ1) is 12.7. The zero-order chi connectivity index (χ0) is 13.0. The summed E-state index contributed by atoms with van der Waals surface area (Å²) in [5, 5.41) is 10.3. The highest BCUT2D eigenvalue weighted by Gasteiger charge is 2.07. The molecule has 0 aliphatic carbocycles. The van der Waals surface area contributed by atoms with Crippen molar-refractivity contribution in [3.63, 3.8) is 0 Å². The normalized spacial score (nSPS) is 10.7. The predicted octanol–water partition coefficient (Wildman–Crippen LogP) is 2.86. The van der Waals surface area contributed by atoms with E-state index in [9.17, 15) is 0 Å². The Hall–Kier alpha value is -1.75. The van der Waals surface area contributed by atoms with Gasteiger partial charge >= 0.3 is 0 Å². The van der Waals surface area contributed by atoms with Gasteiger partial charge in [0.25, 0.3) is 0 Å². The number of anilines is 1. The van der Waals surface area contributed by atoms with Crippen LogP contribution in [0.2, 0.25) is 5.02 Å². The summed E-state index contributed by atoms with van der Waals surface area (Å²) >= 11 is 5.99. The standard InChI is InChI=1S/C12H15ClN4O/c1-8(2)18-11-4-3-10(13)5-9(11)6-14-12-15-7-16-17-12/h3-5,7-8H,6H2,1-2H3,(H2,14,15,16,17). The average molecular weight is 267 g/mol. The van der Waals surface area contributed by atoms with Crippen LogP contribution in [0.1, 0.15) is 19.4 Å². The summed E-state index contributed by atoms with van der Waals surface area (Å²) in [6.07, 6.45) is 1.57. The molecule has 0 fully saturated rings. The van der Waals surface area contributed by atoms with Gasteiger partial charge in [0.05, 0.1) is 6.10 Å². The molecule has 0 bridgehead atoms. The summed E-state index contributed by atoms with van der Waals surface area (Å²) in [7, 11) is 0. The van der Waals surface area contributed by atoms with Crippen LogP contribution in [0.5, 0.6) is 5.75 Å². The molecule has 2 N–H and O–H groups in total. The fraction of sp³-hybridized carbons (Fsp3) is 0.333. The second-order valence-electron chi connectivity index (χ2n) is 4.11. The van der Waals surface area contributed by atoms with Crippen molar-refractivity contribution in [1.82, 2.24) is 15.2 Å². The average Bonchev–Trinajstić information content (AvgIpc) is 2.82. The number of halogens is 1. The number of ether oxygens (including phenoxy) is 1. The number of H-pyrrole nitrogens is 1. The lowest BCUT2D eigenvalue weighted by Gasteiger charge is -2.14. The Balaban J connectivity index is 2.11. The first-order valence-electron chi connectivity index (χ1n) is 5.69. The molecule has 1 heterocycles. The highest BCUT2D eigenvalue weighted by molar-refractivity contribution is 6.30. The van der Waals surface area contributed by atoms with Crippen molar-refractivity contribution in [1.29, 1.82) is 0 Å². The highest BCUT2D eigenvalue weighted by atomic mass is 35.5. The second-order valence-corrected chi connectivity index (χ2v) is 4.54. The molecular formula is C12H15ClN4O. The Bertz CT molecular complexity index is 499. The van der Waals surface area contributed by atoms with Crippen molar-refractivity contribution in [2.75, 3.05) is 5.32 Å². The lowest BCUT2D eigenvalue weighted by Crippen LogP contribution is -2.09. The molecule has 6 heteroatoms. The first-order valence-corrected chi connectivity index (χ1v) is 6.07. The maximum Gasteiger partial charge on any atom is 0.218 e. The molecule has 0 radical (unpaired) electrons. The van der Waals surface area contributed by atoms with Crippen LogP contribution < -0.4 is 10.1 Å². The maximum atomic E-state index is 5.99. The molecule has 1 aromatic carbocycles. The van der Waals surface area contributed by atoms with E-state index in [2.05, 4.69) is 20.5 Å². The van der Waals surface area contributed by atoms with E-state index in [1.165, 1.54) is 6.33 Å². The number of nitrogens with zero attached hydrogens (tertiary/aromatic N) is 2. The molecule has 0 saturated heterocycles. The van der Waals surface area contributed by atoms with Crippen molar-refractivity contribution < 1.29 is 4.74 Å². The summed E-state index contributed by atoms with van der Waals surface area (Å²) in [5.41, 5.74) is 0.979. The number of aromatic nitrogens is 3. The third kappa shape index (κ3) is 3.37. The monoisotopic (exact) mass is 266 g/mol. The van der Waals surface area contributed by atoms with Gasteiger partial charge in [-0.2, -0.15) is 5.10 Å². The molecular weight excluding hydrogens is 252 g/mol. The van der Waals surface area contributed by atoms with Crippen LogP contribution in [-0.4, -0.2) is 21.3 Å². The van der Waals surface area contributed by atoms with E-state index in [1.807, 2.05) is 32.0 Å². The lowest BCUT2D eigenvalue weighted by atomic mass is 10.2. The fourth-order valence-electron chi connectivity index (χ4n) is 1.52. The van der Waals surface area contributed by atoms with Gasteiger partial charge in [-0.3, -0.25) is 0 Å². The molecule has 0 spiro atoms. The maximum absolute atomic E-state index is 5.99. The highest BCUT2D eigenvalue weighted by Crippen LogP contribution is 2.24. The number of nitrogens with one attached hydrogen (secondary N) is 2. The minimum atomic E-state index is 0.121. The molecule has 2 aromatic rings. The van der Waals surface area contributed by atoms with Crippen LogP contribution in [-0.2, 0) is 6.54 Å². The SMILES string of the molecule is CC(C)Oc1ccc(Cl)cc1CNc1ncn[nH]1. The second kappa shape index (κ2) is 5.73. The Labute approximate surface area is 111 Å². The minimum Gasteiger partial charge on any atom is -0.491 e. The molecule has 0 atom stereocenters. The third-order valence-electron chi connectivity index (χ3n) is 2.25. The lowest BCUT2D eigenvalue weighted by molar-refractivity contribution is 0.240. The van der Waals surface area contributed by atoms with Crippen molar-refractivity contribution in [3.8, 4) is 5.75 Å². The van der Waals surface area contributed by atoms with E-state index in [4.69, 9.17) is 16.3 Å². The van der Waals surface area contributed by atoms with Gasteiger partial charge in [-0.25, -0.2) is 10.1 Å². The van der Waals surface area contributed by atoms with E-state index in [0.29, 0.717) is 17.5 Å². The number of rotatable bonds is 5. The zero-order valence-electron chi connectivity index (χ0n) is 10.3. The van der Waals surface area contributed by atoms with E-state index in [0.717, 1.165) is 11.3 Å². The molecule has 96 valence electrons. The van der Waals surface area contributed by atoms with Crippen molar-refractivity contribution in [2.24, 2.45) is 0 Å². The van der Waals surface area contributed by atoms with Gasteiger partial charge < -0.3 is 10.1 Å². The van der Waals surface area contributed by atoms with Crippen LogP contribution in [0.15, 0.2) is 24.5 Å². The summed E-state index contributed by atoms with van der Waals surface area (Å²) in [6.45, 7) is 4.54. The largest absolute Gasteiger partial charge is 0.491 e. The molecule has 0 unspecified atom stereocenters. The summed E-state index contributed by atoms with van der Waals surface area (Å²) < 4.78 is 5.73. The molecule has 0 aliphatic rings. The van der Waals surface area contributed by atoms with Crippen molar-refractivity contribution in [3.05, 3.63) is 35.1 Å². The Kier molecular flexibility index (Phi) is 4.04. The van der Waals surface area contributed by atoms with Crippen LogP contribution >= 0.6 is 11.6 Å². The molecule has 18 heavy (non-hydrogen) atoms. The smallest absolute Gasteiger partial charge is 0.218 e. The van der Waals surface area contributed by atoms with E-state index in [-0.39, 0.29) is 6.10 Å². The first-order chi connectivity index (χ1) is 8.65. The number of hydrogen-bond donors (Lipinski definition) is 2. The minimum absolute atomic E-state index is 0.121. The van der Waals surface area contributed by atoms with Gasteiger partial charge in [0.15, 0.2) is 0 Å². The van der Waals surface area contributed by atoms with Gasteiger partial charge in [-0.15, -0.1) is 0 Å². The van der Waals surface area contributed by atoms with E-state index >= 15 is 0 Å². The van der Waals surface area contributed by atoms with Gasteiger partial charge in [0, 0.05) is 17.1 Å². The topological polar surface area (TPSA) is 62.8 Å². The molecule has 0 amide bonds. The van der Waals surface area contributed by atoms with E-state index < -0.39 is 0 Å². The van der Waals surface area contributed by atoms with Crippen LogP contribution in [0, 0.1) is 0 Å². The molecule has 1 aromatic heterocycles. The fourth-order valence-corrected chi connectivity index (χ4v) is 1.72. The number of hydrogen-bond acceptors (Lipinski definition) is 4. The van der Waals surface area contributed by atoms with Gasteiger partial charge in [0.1, 0.15) is 12.1 Å². The molecule has 5 nitrogen and oxygen atoms in total. The molecule has 0 aliphatic heterocycles. The van der Waals surface area contributed by atoms with Gasteiger partial charge in [-0.05, 0) is 32.0 Å². The summed E-state index contributed by atoms with van der Waals surface area (Å²) in [5.74, 6) is 1.44. The molecule has 0 saturated carbocycles. The van der Waals surface area contributed by atoms with Gasteiger partial charge in [0.2, 0.25) is 5.95 Å². The van der Waals surface area contributed by atoms with Crippen LogP contribution in [0.3, 0.4) is 0 Å². The quantitative estimate of drug-likeness (QED) is 0.874. The Morgan fingerprint density at radius 2 is 2.28 bits per heavy atom. The Morgan fingerprint density at radius 3 is 2.94 bits per heavy atom. The van der Waals surface area contributed by atoms with Crippen molar-refractivity contribution >= 4 is 17.5 Å². The zero-order valence-corrected chi connectivity index (χ0v) is 11.0. The summed E-state index contributed by atoms with van der Waals surface area (Å²) in [4.78, 5) is 3.99. The third-order valence-corrected chi connectivity index (χ3v) is 2.48. The van der Waals surface area contributed by atoms with Gasteiger partial charge in [-0.1, -0.05) is 11.6 Å². The summed E-state index contributed by atoms with van der Waals surface area (Å²) in [6, 6.07) is 5.57. The number of aromatic amines is 1.